The monoisotopic (exact) mass is 284 g/mol. The molecule has 3 aromatic rings. The van der Waals surface area contributed by atoms with Crippen LogP contribution in [-0.2, 0) is 0 Å². The van der Waals surface area contributed by atoms with Gasteiger partial charge in [-0.1, -0.05) is 36.4 Å². The smallest absolute Gasteiger partial charge is 0.146 e. The van der Waals surface area contributed by atoms with Crippen molar-refractivity contribution in [1.82, 2.24) is 4.98 Å². The molecule has 4 heteroatoms. The number of rotatable bonds is 5. The SMILES string of the molecule is NCCCOc1cccc2sc(-c3ccccc3)nc12. The highest BCUT2D eigenvalue weighted by atomic mass is 32.1. The molecule has 2 N–H and O–H groups in total. The predicted molar refractivity (Wildman–Crippen MR) is 84.2 cm³/mol. The van der Waals surface area contributed by atoms with E-state index in [0.29, 0.717) is 13.2 Å². The summed E-state index contributed by atoms with van der Waals surface area (Å²) in [6, 6.07) is 16.3. The van der Waals surface area contributed by atoms with E-state index in [2.05, 4.69) is 18.2 Å². The molecule has 0 radical (unpaired) electrons. The summed E-state index contributed by atoms with van der Waals surface area (Å²) in [5.74, 6) is 0.842. The third-order valence-corrected chi connectivity index (χ3v) is 4.08. The molecule has 0 bridgehead atoms. The standard InChI is InChI=1S/C16H16N2OS/c17-10-5-11-19-13-8-4-9-14-15(13)18-16(20-14)12-6-2-1-3-7-12/h1-4,6-9H,5,10-11,17H2. The van der Waals surface area contributed by atoms with Gasteiger partial charge in [-0.15, -0.1) is 11.3 Å². The van der Waals surface area contributed by atoms with Gasteiger partial charge in [-0.25, -0.2) is 4.98 Å². The van der Waals surface area contributed by atoms with Crippen LogP contribution < -0.4 is 10.5 Å². The lowest BCUT2D eigenvalue weighted by atomic mass is 10.2. The second-order valence-electron chi connectivity index (χ2n) is 4.48. The van der Waals surface area contributed by atoms with Crippen LogP contribution in [0.1, 0.15) is 6.42 Å². The quantitative estimate of drug-likeness (QED) is 0.727. The maximum absolute atomic E-state index is 5.77. The largest absolute Gasteiger partial charge is 0.491 e. The van der Waals surface area contributed by atoms with Crippen LogP contribution >= 0.6 is 11.3 Å². The molecule has 3 nitrogen and oxygen atoms in total. The molecule has 0 aliphatic carbocycles. The molecule has 0 spiro atoms. The second-order valence-corrected chi connectivity index (χ2v) is 5.51. The van der Waals surface area contributed by atoms with E-state index in [1.165, 1.54) is 0 Å². The lowest BCUT2D eigenvalue weighted by molar-refractivity contribution is 0.316. The van der Waals surface area contributed by atoms with Gasteiger partial charge < -0.3 is 10.5 Å². The van der Waals surface area contributed by atoms with Crippen molar-refractivity contribution in [3.05, 3.63) is 48.5 Å². The second kappa shape index (κ2) is 6.03. The first-order valence-corrected chi connectivity index (χ1v) is 7.48. The van der Waals surface area contributed by atoms with Gasteiger partial charge in [0.1, 0.15) is 16.3 Å². The van der Waals surface area contributed by atoms with Crippen LogP contribution in [0, 0.1) is 0 Å². The van der Waals surface area contributed by atoms with Gasteiger partial charge in [0.2, 0.25) is 0 Å². The van der Waals surface area contributed by atoms with Crippen LogP contribution in [0.3, 0.4) is 0 Å². The minimum Gasteiger partial charge on any atom is -0.491 e. The molecule has 3 rings (SSSR count). The topological polar surface area (TPSA) is 48.1 Å². The van der Waals surface area contributed by atoms with Crippen molar-refractivity contribution < 1.29 is 4.74 Å². The molecule has 102 valence electrons. The van der Waals surface area contributed by atoms with Crippen LogP contribution in [0.2, 0.25) is 0 Å². The van der Waals surface area contributed by atoms with Gasteiger partial charge in [-0.3, -0.25) is 0 Å². The zero-order valence-electron chi connectivity index (χ0n) is 11.1. The summed E-state index contributed by atoms with van der Waals surface area (Å²) in [5, 5.41) is 1.02. The molecule has 2 aromatic carbocycles. The van der Waals surface area contributed by atoms with Crippen molar-refractivity contribution in [2.75, 3.05) is 13.2 Å². The fourth-order valence-electron chi connectivity index (χ4n) is 2.01. The molecule has 0 fully saturated rings. The van der Waals surface area contributed by atoms with E-state index in [0.717, 1.165) is 33.0 Å². The van der Waals surface area contributed by atoms with Crippen molar-refractivity contribution in [2.45, 2.75) is 6.42 Å². The first-order chi connectivity index (χ1) is 9.88. The van der Waals surface area contributed by atoms with E-state index >= 15 is 0 Å². The molecule has 1 heterocycles. The number of para-hydroxylation sites is 1. The molecular weight excluding hydrogens is 268 g/mol. The summed E-state index contributed by atoms with van der Waals surface area (Å²) in [4.78, 5) is 4.72. The number of benzene rings is 2. The third-order valence-electron chi connectivity index (χ3n) is 3.01. The van der Waals surface area contributed by atoms with Crippen molar-refractivity contribution in [3.8, 4) is 16.3 Å². The van der Waals surface area contributed by atoms with E-state index in [4.69, 9.17) is 15.5 Å². The molecule has 0 saturated heterocycles. The van der Waals surface area contributed by atoms with Crippen LogP contribution in [0.25, 0.3) is 20.8 Å². The Balaban J connectivity index is 1.96. The van der Waals surface area contributed by atoms with Gasteiger partial charge in [0.25, 0.3) is 0 Å². The third kappa shape index (κ3) is 2.66. The van der Waals surface area contributed by atoms with Crippen molar-refractivity contribution in [3.63, 3.8) is 0 Å². The molecule has 0 saturated carbocycles. The average Bonchev–Trinajstić information content (AvgIpc) is 2.93. The average molecular weight is 284 g/mol. The number of ether oxygens (including phenoxy) is 1. The molecular formula is C16H16N2OS. The van der Waals surface area contributed by atoms with Crippen LogP contribution in [0.5, 0.6) is 5.75 Å². The van der Waals surface area contributed by atoms with E-state index in [9.17, 15) is 0 Å². The summed E-state index contributed by atoms with van der Waals surface area (Å²) in [6.45, 7) is 1.27. The van der Waals surface area contributed by atoms with Crippen molar-refractivity contribution >= 4 is 21.6 Å². The van der Waals surface area contributed by atoms with E-state index in [1.807, 2.05) is 30.3 Å². The van der Waals surface area contributed by atoms with Crippen LogP contribution in [-0.4, -0.2) is 18.1 Å². The first-order valence-electron chi connectivity index (χ1n) is 6.66. The van der Waals surface area contributed by atoms with Gasteiger partial charge in [-0.2, -0.15) is 0 Å². The number of hydrogen-bond donors (Lipinski definition) is 1. The Morgan fingerprint density at radius 3 is 2.70 bits per heavy atom. The predicted octanol–water partition coefficient (Wildman–Crippen LogP) is 3.69. The van der Waals surface area contributed by atoms with E-state index in [1.54, 1.807) is 11.3 Å². The minimum atomic E-state index is 0.633. The molecule has 0 amide bonds. The highest BCUT2D eigenvalue weighted by Gasteiger charge is 2.10. The number of hydrogen-bond acceptors (Lipinski definition) is 4. The lowest BCUT2D eigenvalue weighted by Crippen LogP contribution is -2.06. The van der Waals surface area contributed by atoms with Gasteiger partial charge in [0, 0.05) is 5.56 Å². The van der Waals surface area contributed by atoms with Gasteiger partial charge in [0.15, 0.2) is 0 Å². The summed E-state index contributed by atoms with van der Waals surface area (Å²) in [5.41, 5.74) is 7.57. The Kier molecular flexibility index (Phi) is 3.95. The summed E-state index contributed by atoms with van der Waals surface area (Å²) >= 11 is 1.69. The number of nitrogens with two attached hydrogens (primary N) is 1. The van der Waals surface area contributed by atoms with Crippen LogP contribution in [0.4, 0.5) is 0 Å². The molecule has 1 aromatic heterocycles. The molecule has 0 aliphatic rings. The van der Waals surface area contributed by atoms with E-state index in [-0.39, 0.29) is 0 Å². The highest BCUT2D eigenvalue weighted by molar-refractivity contribution is 7.21. The normalized spacial score (nSPS) is 10.8. The Labute approximate surface area is 122 Å². The molecule has 0 aliphatic heterocycles. The Morgan fingerprint density at radius 2 is 1.90 bits per heavy atom. The Hall–Kier alpha value is -1.91. The maximum atomic E-state index is 5.77. The summed E-state index contributed by atoms with van der Waals surface area (Å²) in [7, 11) is 0. The molecule has 0 unspecified atom stereocenters. The lowest BCUT2D eigenvalue weighted by Gasteiger charge is -2.05. The summed E-state index contributed by atoms with van der Waals surface area (Å²) in [6.07, 6.45) is 0.853. The number of fused-ring (bicyclic) bond motifs is 1. The zero-order chi connectivity index (χ0) is 13.8. The fourth-order valence-corrected chi connectivity index (χ4v) is 3.00. The van der Waals surface area contributed by atoms with Crippen LogP contribution in [0.15, 0.2) is 48.5 Å². The molecule has 20 heavy (non-hydrogen) atoms. The van der Waals surface area contributed by atoms with Gasteiger partial charge >= 0.3 is 0 Å². The number of nitrogens with zero attached hydrogens (tertiary/aromatic N) is 1. The molecule has 0 atom stereocenters. The first kappa shape index (κ1) is 13.1. The van der Waals surface area contributed by atoms with Gasteiger partial charge in [-0.05, 0) is 25.1 Å². The zero-order valence-corrected chi connectivity index (χ0v) is 11.9. The van der Waals surface area contributed by atoms with E-state index < -0.39 is 0 Å². The Bertz CT molecular complexity index is 694. The summed E-state index contributed by atoms with van der Waals surface area (Å²) < 4.78 is 6.92. The van der Waals surface area contributed by atoms with Gasteiger partial charge in [0.05, 0.1) is 11.3 Å². The maximum Gasteiger partial charge on any atom is 0.146 e. The minimum absolute atomic E-state index is 0.633. The number of aromatic nitrogens is 1. The Morgan fingerprint density at radius 1 is 1.05 bits per heavy atom. The van der Waals surface area contributed by atoms with Crippen molar-refractivity contribution in [2.24, 2.45) is 5.73 Å². The number of thiazole rings is 1. The van der Waals surface area contributed by atoms with Crippen molar-refractivity contribution in [1.29, 1.82) is 0 Å². The fraction of sp³-hybridized carbons (Fsp3) is 0.188. The highest BCUT2D eigenvalue weighted by Crippen LogP contribution is 2.34.